The zero-order chi connectivity index (χ0) is 16.6. The Morgan fingerprint density at radius 2 is 1.00 bits per heavy atom. The first-order chi connectivity index (χ1) is 12.4. The predicted octanol–water partition coefficient (Wildman–Crippen LogP) is 7.62. The van der Waals surface area contributed by atoms with Gasteiger partial charge in [-0.15, -0.1) is 0 Å². The molecule has 142 valence electrons. The van der Waals surface area contributed by atoms with Gasteiger partial charge in [0.25, 0.3) is 0 Å². The van der Waals surface area contributed by atoms with Crippen LogP contribution in [0.25, 0.3) is 0 Å². The molecule has 0 heteroatoms. The molecule has 5 aliphatic carbocycles. The lowest BCUT2D eigenvalue weighted by atomic mass is 9.73. The highest BCUT2D eigenvalue weighted by molar-refractivity contribution is 4.99. The minimum atomic E-state index is 1.14. The Labute approximate surface area is 156 Å². The fraction of sp³-hybridized carbons (Fsp3) is 1.00. The first kappa shape index (κ1) is 17.1. The Hall–Kier alpha value is 0. The van der Waals surface area contributed by atoms with Crippen LogP contribution in [-0.4, -0.2) is 0 Å². The van der Waals surface area contributed by atoms with E-state index in [0.717, 1.165) is 35.5 Å². The summed E-state index contributed by atoms with van der Waals surface area (Å²) in [7, 11) is 0. The SMILES string of the molecule is C1CCC2C(C1)CCC2CCCC1C2CCCCC2C2CCCCC21. The van der Waals surface area contributed by atoms with Gasteiger partial charge in [0.05, 0.1) is 0 Å². The number of rotatable bonds is 4. The second-order valence-corrected chi connectivity index (χ2v) is 10.9. The van der Waals surface area contributed by atoms with Crippen LogP contribution in [0.2, 0.25) is 0 Å². The molecule has 0 saturated heterocycles. The Balaban J connectivity index is 1.18. The van der Waals surface area contributed by atoms with Crippen molar-refractivity contribution in [2.24, 2.45) is 47.3 Å². The van der Waals surface area contributed by atoms with Crippen molar-refractivity contribution < 1.29 is 0 Å². The van der Waals surface area contributed by atoms with Crippen LogP contribution in [0.3, 0.4) is 0 Å². The van der Waals surface area contributed by atoms with Crippen molar-refractivity contribution in [3.05, 3.63) is 0 Å². The summed E-state index contributed by atoms with van der Waals surface area (Å²) in [5.74, 6) is 9.24. The second kappa shape index (κ2) is 7.55. The fourth-order valence-electron chi connectivity index (χ4n) is 9.08. The Morgan fingerprint density at radius 3 is 1.68 bits per heavy atom. The van der Waals surface area contributed by atoms with Crippen molar-refractivity contribution in [2.45, 2.75) is 109 Å². The molecule has 0 amide bonds. The number of hydrogen-bond donors (Lipinski definition) is 0. The summed E-state index contributed by atoms with van der Waals surface area (Å²) < 4.78 is 0. The Bertz CT molecular complexity index is 417. The van der Waals surface area contributed by atoms with Gasteiger partial charge in [-0.25, -0.2) is 0 Å². The zero-order valence-corrected chi connectivity index (χ0v) is 16.6. The van der Waals surface area contributed by atoms with Crippen LogP contribution in [0, 0.1) is 47.3 Å². The average Bonchev–Trinajstić information content (AvgIpc) is 3.22. The molecule has 5 rings (SSSR count). The summed E-state index contributed by atoms with van der Waals surface area (Å²) in [6.45, 7) is 0. The van der Waals surface area contributed by atoms with Crippen molar-refractivity contribution in [1.29, 1.82) is 0 Å². The van der Waals surface area contributed by atoms with Crippen LogP contribution >= 0.6 is 0 Å². The van der Waals surface area contributed by atoms with E-state index in [0.29, 0.717) is 0 Å². The van der Waals surface area contributed by atoms with Crippen molar-refractivity contribution in [3.8, 4) is 0 Å². The molecular formula is C25H42. The van der Waals surface area contributed by atoms with Gasteiger partial charge in [-0.1, -0.05) is 57.8 Å². The van der Waals surface area contributed by atoms with Gasteiger partial charge in [0, 0.05) is 0 Å². The molecule has 0 aliphatic heterocycles. The third-order valence-corrected chi connectivity index (χ3v) is 9.99. The molecule has 0 radical (unpaired) electrons. The predicted molar refractivity (Wildman–Crippen MR) is 106 cm³/mol. The van der Waals surface area contributed by atoms with Gasteiger partial charge in [0.2, 0.25) is 0 Å². The molecule has 5 aliphatic rings. The molecule has 5 saturated carbocycles. The average molecular weight is 343 g/mol. The number of hydrogen-bond acceptors (Lipinski definition) is 0. The van der Waals surface area contributed by atoms with Gasteiger partial charge in [-0.3, -0.25) is 0 Å². The van der Waals surface area contributed by atoms with E-state index < -0.39 is 0 Å². The molecule has 0 aromatic heterocycles. The molecule has 7 atom stereocenters. The van der Waals surface area contributed by atoms with Crippen molar-refractivity contribution in [3.63, 3.8) is 0 Å². The molecule has 0 N–H and O–H groups in total. The van der Waals surface area contributed by atoms with Gasteiger partial charge in [-0.2, -0.15) is 0 Å². The van der Waals surface area contributed by atoms with Crippen LogP contribution < -0.4 is 0 Å². The number of fused-ring (bicyclic) bond motifs is 4. The van der Waals surface area contributed by atoms with Crippen LogP contribution in [0.1, 0.15) is 109 Å². The molecule has 0 spiro atoms. The lowest BCUT2D eigenvalue weighted by Gasteiger charge is -2.32. The smallest absolute Gasteiger partial charge is 0.0352 e. The monoisotopic (exact) mass is 342 g/mol. The van der Waals surface area contributed by atoms with Crippen LogP contribution in [0.4, 0.5) is 0 Å². The van der Waals surface area contributed by atoms with E-state index >= 15 is 0 Å². The third-order valence-electron chi connectivity index (χ3n) is 9.99. The normalized spacial score (nSPS) is 49.4. The van der Waals surface area contributed by atoms with E-state index in [9.17, 15) is 0 Å². The van der Waals surface area contributed by atoms with Gasteiger partial charge in [0.15, 0.2) is 0 Å². The lowest BCUT2D eigenvalue weighted by molar-refractivity contribution is 0.184. The topological polar surface area (TPSA) is 0 Å². The van der Waals surface area contributed by atoms with Crippen LogP contribution in [0.15, 0.2) is 0 Å². The zero-order valence-electron chi connectivity index (χ0n) is 16.6. The van der Waals surface area contributed by atoms with E-state index in [1.807, 2.05) is 0 Å². The minimum Gasteiger partial charge on any atom is -0.0530 e. The van der Waals surface area contributed by atoms with Crippen LogP contribution in [0.5, 0.6) is 0 Å². The van der Waals surface area contributed by atoms with E-state index in [4.69, 9.17) is 0 Å². The Morgan fingerprint density at radius 1 is 0.440 bits per heavy atom. The molecule has 0 aromatic carbocycles. The van der Waals surface area contributed by atoms with Crippen LogP contribution in [-0.2, 0) is 0 Å². The minimum absolute atomic E-state index is 1.14. The van der Waals surface area contributed by atoms with Crippen molar-refractivity contribution >= 4 is 0 Å². The summed E-state index contributed by atoms with van der Waals surface area (Å²) in [6, 6.07) is 0. The molecule has 7 unspecified atom stereocenters. The second-order valence-electron chi connectivity index (χ2n) is 10.9. The van der Waals surface area contributed by atoms with Gasteiger partial charge in [-0.05, 0) is 98.7 Å². The molecule has 0 bridgehead atoms. The maximum atomic E-state index is 1.62. The van der Waals surface area contributed by atoms with E-state index in [1.165, 1.54) is 11.8 Å². The molecule has 5 fully saturated rings. The largest absolute Gasteiger partial charge is 0.0530 e. The summed E-state index contributed by atoms with van der Waals surface area (Å²) in [5, 5.41) is 0. The molecular weight excluding hydrogens is 300 g/mol. The maximum Gasteiger partial charge on any atom is -0.0352 e. The molecule has 0 aromatic rings. The first-order valence-electron chi connectivity index (χ1n) is 12.4. The summed E-state index contributed by atoms with van der Waals surface area (Å²) in [5.41, 5.74) is 0. The summed E-state index contributed by atoms with van der Waals surface area (Å²) in [4.78, 5) is 0. The van der Waals surface area contributed by atoms with Crippen molar-refractivity contribution in [1.82, 2.24) is 0 Å². The summed E-state index contributed by atoms with van der Waals surface area (Å²) in [6.07, 6.45) is 26.9. The molecule has 0 nitrogen and oxygen atoms in total. The Kier molecular flexibility index (Phi) is 5.17. The molecule has 0 heterocycles. The van der Waals surface area contributed by atoms with Crippen molar-refractivity contribution in [2.75, 3.05) is 0 Å². The summed E-state index contributed by atoms with van der Waals surface area (Å²) >= 11 is 0. The van der Waals surface area contributed by atoms with Gasteiger partial charge < -0.3 is 0 Å². The highest BCUT2D eigenvalue weighted by Gasteiger charge is 2.50. The quantitative estimate of drug-likeness (QED) is 0.493. The highest BCUT2D eigenvalue weighted by atomic mass is 14.6. The van der Waals surface area contributed by atoms with Gasteiger partial charge >= 0.3 is 0 Å². The van der Waals surface area contributed by atoms with E-state index in [2.05, 4.69) is 0 Å². The van der Waals surface area contributed by atoms with E-state index in [1.54, 1.807) is 109 Å². The highest BCUT2D eigenvalue weighted by Crippen LogP contribution is 2.58. The maximum absolute atomic E-state index is 1.62. The van der Waals surface area contributed by atoms with Gasteiger partial charge in [0.1, 0.15) is 0 Å². The first-order valence-corrected chi connectivity index (χ1v) is 12.4. The third kappa shape index (κ3) is 3.23. The lowest BCUT2D eigenvalue weighted by Crippen LogP contribution is -2.22. The molecule has 25 heavy (non-hydrogen) atoms. The standard InChI is InChI=1S/C25H42/c1-2-10-20-18(8-1)16-17-19(20)9-7-15-25-23-13-5-3-11-21(23)22-12-4-6-14-24(22)25/h18-25H,1-17H2. The fourth-order valence-corrected chi connectivity index (χ4v) is 9.08. The van der Waals surface area contributed by atoms with E-state index in [-0.39, 0.29) is 0 Å².